The molecule has 82 valence electrons. The molecule has 5 heteroatoms. The first-order valence-corrected chi connectivity index (χ1v) is 6.04. The molecule has 0 unspecified atom stereocenters. The number of hydrogen-bond acceptors (Lipinski definition) is 3. The molecule has 0 atom stereocenters. The van der Waals surface area contributed by atoms with Gasteiger partial charge in [0.25, 0.3) is 0 Å². The minimum absolute atomic E-state index is 0.250. The highest BCUT2D eigenvalue weighted by Crippen LogP contribution is 2.10. The average molecular weight is 226 g/mol. The lowest BCUT2D eigenvalue weighted by molar-refractivity contribution is 0.590. The zero-order valence-corrected chi connectivity index (χ0v) is 9.63. The number of nitrogens with one attached hydrogen (secondary N) is 1. The van der Waals surface area contributed by atoms with Crippen LogP contribution in [-0.4, -0.2) is 13.4 Å². The van der Waals surface area contributed by atoms with E-state index in [2.05, 4.69) is 16.3 Å². The highest BCUT2D eigenvalue weighted by molar-refractivity contribution is 7.92. The van der Waals surface area contributed by atoms with Crippen molar-refractivity contribution in [2.75, 3.05) is 0 Å². The van der Waals surface area contributed by atoms with Gasteiger partial charge in [0.15, 0.2) is 0 Å². The van der Waals surface area contributed by atoms with Crippen molar-refractivity contribution >= 4 is 10.0 Å². The van der Waals surface area contributed by atoms with Gasteiger partial charge < -0.3 is 0 Å². The highest BCUT2D eigenvalue weighted by Gasteiger charge is 2.07. The molecule has 0 bridgehead atoms. The molecule has 0 aliphatic carbocycles. The topological polar surface area (TPSA) is 59.1 Å². The van der Waals surface area contributed by atoms with Crippen LogP contribution in [0.3, 0.4) is 0 Å². The van der Waals surface area contributed by atoms with Gasteiger partial charge in [-0.05, 0) is 31.0 Å². The van der Waals surface area contributed by atoms with Gasteiger partial charge >= 0.3 is 0 Å². The van der Waals surface area contributed by atoms with Crippen LogP contribution in [0.15, 0.2) is 24.3 Å². The van der Waals surface area contributed by atoms with Crippen LogP contribution in [0.1, 0.15) is 16.8 Å². The Hall–Kier alpha value is -1.20. The van der Waals surface area contributed by atoms with Gasteiger partial charge in [-0.3, -0.25) is 4.98 Å². The Labute approximate surface area is 90.1 Å². The molecule has 4 nitrogen and oxygen atoms in total. The van der Waals surface area contributed by atoms with Crippen molar-refractivity contribution in [1.82, 2.24) is 9.71 Å². The van der Waals surface area contributed by atoms with Gasteiger partial charge in [-0.2, -0.15) is 0 Å². The van der Waals surface area contributed by atoms with E-state index in [1.54, 1.807) is 6.20 Å². The second kappa shape index (κ2) is 4.55. The Morgan fingerprint density at radius 1 is 1.53 bits per heavy atom. The van der Waals surface area contributed by atoms with Crippen molar-refractivity contribution in [3.05, 3.63) is 41.1 Å². The third-order valence-electron chi connectivity index (χ3n) is 2.18. The Morgan fingerprint density at radius 2 is 2.20 bits per heavy atom. The lowest BCUT2D eigenvalue weighted by Crippen LogP contribution is -2.21. The zero-order chi connectivity index (χ0) is 11.5. The number of nitrogens with zero attached hydrogens (tertiary/aromatic N) is 1. The molecule has 0 aliphatic heterocycles. The second-order valence-electron chi connectivity index (χ2n) is 3.22. The average Bonchev–Trinajstić information content (AvgIpc) is 2.17. The molecular weight excluding hydrogens is 212 g/mol. The van der Waals surface area contributed by atoms with Gasteiger partial charge in [-0.1, -0.05) is 6.58 Å². The van der Waals surface area contributed by atoms with Crippen molar-refractivity contribution in [3.63, 3.8) is 0 Å². The molecule has 0 saturated carbocycles. The summed E-state index contributed by atoms with van der Waals surface area (Å²) in [6, 6.07) is 1.85. The van der Waals surface area contributed by atoms with E-state index in [1.807, 2.05) is 19.9 Å². The second-order valence-corrected chi connectivity index (χ2v) is 4.94. The molecule has 0 radical (unpaired) electrons. The predicted molar refractivity (Wildman–Crippen MR) is 59.7 cm³/mol. The van der Waals surface area contributed by atoms with E-state index in [9.17, 15) is 8.42 Å². The van der Waals surface area contributed by atoms with Crippen LogP contribution in [0.5, 0.6) is 0 Å². The number of pyridine rings is 1. The maximum atomic E-state index is 11.1. The van der Waals surface area contributed by atoms with Gasteiger partial charge in [0.1, 0.15) is 0 Å². The fourth-order valence-electron chi connectivity index (χ4n) is 1.22. The number of hydrogen-bond donors (Lipinski definition) is 1. The Balaban J connectivity index is 2.87. The van der Waals surface area contributed by atoms with Crippen molar-refractivity contribution in [2.45, 2.75) is 20.4 Å². The molecule has 1 heterocycles. The molecule has 1 N–H and O–H groups in total. The first-order chi connectivity index (χ1) is 6.96. The maximum Gasteiger partial charge on any atom is 0.233 e. The lowest BCUT2D eigenvalue weighted by Gasteiger charge is -2.08. The lowest BCUT2D eigenvalue weighted by atomic mass is 10.1. The first-order valence-electron chi connectivity index (χ1n) is 4.49. The SMILES string of the molecule is C=CS(=O)(=O)NCc1c(C)ccnc1C. The minimum atomic E-state index is -3.37. The third kappa shape index (κ3) is 3.14. The van der Waals surface area contributed by atoms with E-state index in [4.69, 9.17) is 0 Å². The van der Waals surface area contributed by atoms with Crippen LogP contribution in [0.25, 0.3) is 0 Å². The molecule has 0 spiro atoms. The summed E-state index contributed by atoms with van der Waals surface area (Å²) in [5.74, 6) is 0. The van der Waals surface area contributed by atoms with Gasteiger partial charge in [0.2, 0.25) is 10.0 Å². The summed E-state index contributed by atoms with van der Waals surface area (Å²) < 4.78 is 24.7. The van der Waals surface area contributed by atoms with Crippen molar-refractivity contribution in [1.29, 1.82) is 0 Å². The molecular formula is C10H14N2O2S. The third-order valence-corrected chi connectivity index (χ3v) is 3.16. The van der Waals surface area contributed by atoms with Crippen LogP contribution in [0, 0.1) is 13.8 Å². The Morgan fingerprint density at radius 3 is 2.73 bits per heavy atom. The minimum Gasteiger partial charge on any atom is -0.261 e. The number of rotatable bonds is 4. The van der Waals surface area contributed by atoms with Crippen LogP contribution < -0.4 is 4.72 Å². The summed E-state index contributed by atoms with van der Waals surface area (Å²) in [5, 5.41) is 0.897. The zero-order valence-electron chi connectivity index (χ0n) is 8.82. The van der Waals surface area contributed by atoms with E-state index in [1.165, 1.54) is 0 Å². The number of aromatic nitrogens is 1. The summed E-state index contributed by atoms with van der Waals surface area (Å²) in [6.07, 6.45) is 1.70. The number of sulfonamides is 1. The van der Waals surface area contributed by atoms with Crippen molar-refractivity contribution in [3.8, 4) is 0 Å². The highest BCUT2D eigenvalue weighted by atomic mass is 32.2. The molecule has 0 fully saturated rings. The Kier molecular flexibility index (Phi) is 3.60. The molecule has 1 aromatic heterocycles. The normalized spacial score (nSPS) is 11.3. The molecule has 1 aromatic rings. The van der Waals surface area contributed by atoms with Gasteiger partial charge in [0, 0.05) is 23.8 Å². The standard InChI is InChI=1S/C10H14N2O2S/c1-4-15(13,14)12-7-10-8(2)5-6-11-9(10)3/h4-6,12H,1,7H2,2-3H3. The molecule has 15 heavy (non-hydrogen) atoms. The van der Waals surface area contributed by atoms with Crippen LogP contribution in [0.4, 0.5) is 0 Å². The van der Waals surface area contributed by atoms with E-state index in [0.717, 1.165) is 22.2 Å². The monoisotopic (exact) mass is 226 g/mol. The first kappa shape index (κ1) is 11.9. The fourth-order valence-corrected chi connectivity index (χ4v) is 1.69. The van der Waals surface area contributed by atoms with Gasteiger partial charge in [0.05, 0.1) is 0 Å². The van der Waals surface area contributed by atoms with Crippen LogP contribution >= 0.6 is 0 Å². The summed E-state index contributed by atoms with van der Waals surface area (Å²) in [6.45, 7) is 7.25. The van der Waals surface area contributed by atoms with Gasteiger partial charge in [-0.25, -0.2) is 13.1 Å². The molecule has 0 aromatic carbocycles. The largest absolute Gasteiger partial charge is 0.261 e. The summed E-state index contributed by atoms with van der Waals surface area (Å²) >= 11 is 0. The van der Waals surface area contributed by atoms with E-state index in [0.29, 0.717) is 0 Å². The van der Waals surface area contributed by atoms with Crippen LogP contribution in [0.2, 0.25) is 0 Å². The maximum absolute atomic E-state index is 11.1. The number of aryl methyl sites for hydroxylation is 2. The van der Waals surface area contributed by atoms with E-state index >= 15 is 0 Å². The molecule has 1 rings (SSSR count). The summed E-state index contributed by atoms with van der Waals surface area (Å²) in [7, 11) is -3.37. The fraction of sp³-hybridized carbons (Fsp3) is 0.300. The summed E-state index contributed by atoms with van der Waals surface area (Å²) in [5.41, 5.74) is 2.76. The van der Waals surface area contributed by atoms with E-state index in [-0.39, 0.29) is 6.54 Å². The van der Waals surface area contributed by atoms with Crippen LogP contribution in [-0.2, 0) is 16.6 Å². The Bertz CT molecular complexity index is 446. The molecule has 0 saturated heterocycles. The predicted octanol–water partition coefficient (Wildman–Crippen LogP) is 1.26. The smallest absolute Gasteiger partial charge is 0.233 e. The molecule has 0 aliphatic rings. The van der Waals surface area contributed by atoms with Crippen molar-refractivity contribution < 1.29 is 8.42 Å². The molecule has 0 amide bonds. The quantitative estimate of drug-likeness (QED) is 0.841. The van der Waals surface area contributed by atoms with Gasteiger partial charge in [-0.15, -0.1) is 0 Å². The van der Waals surface area contributed by atoms with Crippen molar-refractivity contribution in [2.24, 2.45) is 0 Å². The van der Waals surface area contributed by atoms with E-state index < -0.39 is 10.0 Å². The summed E-state index contributed by atoms with van der Waals surface area (Å²) in [4.78, 5) is 4.11.